The van der Waals surface area contributed by atoms with Gasteiger partial charge in [0.25, 0.3) is 0 Å². The molecule has 0 aromatic heterocycles. The molecule has 2 nitrogen and oxygen atoms in total. The summed E-state index contributed by atoms with van der Waals surface area (Å²) in [5.74, 6) is 0. The minimum Gasteiger partial charge on any atom is -0.371 e. The second-order valence-electron chi connectivity index (χ2n) is 4.77. The lowest BCUT2D eigenvalue weighted by Crippen LogP contribution is -2.43. The van der Waals surface area contributed by atoms with E-state index in [1.165, 1.54) is 24.1 Å². The number of nitrogens with zero attached hydrogens (tertiary/aromatic N) is 1. The number of morpholine rings is 1. The molecule has 0 aliphatic carbocycles. The first-order valence-electron chi connectivity index (χ1n) is 6.01. The van der Waals surface area contributed by atoms with Gasteiger partial charge in [-0.15, -0.1) is 0 Å². The summed E-state index contributed by atoms with van der Waals surface area (Å²) >= 11 is 7.11. The van der Waals surface area contributed by atoms with Crippen LogP contribution in [0.2, 0.25) is 0 Å². The summed E-state index contributed by atoms with van der Waals surface area (Å²) < 4.78 is 7.03. The highest BCUT2D eigenvalue weighted by atomic mass is 79.9. The standard InChI is InChI=1S/C13H15Br2NO/c14-6-9-5-10(15)1-4-13(9)16-7-11-2-3-12(8-16)17-11/h1,4-5,11-12H,2-3,6-8H2. The van der Waals surface area contributed by atoms with Gasteiger partial charge in [-0.3, -0.25) is 0 Å². The molecule has 92 valence electrons. The molecule has 1 aromatic rings. The Bertz CT molecular complexity index is 412. The third-order valence-corrected chi connectivity index (χ3v) is 4.67. The van der Waals surface area contributed by atoms with Gasteiger partial charge >= 0.3 is 0 Å². The van der Waals surface area contributed by atoms with Crippen molar-refractivity contribution in [3.8, 4) is 0 Å². The molecule has 2 saturated heterocycles. The van der Waals surface area contributed by atoms with Crippen LogP contribution < -0.4 is 4.90 Å². The quantitative estimate of drug-likeness (QED) is 0.745. The van der Waals surface area contributed by atoms with Gasteiger partial charge in [-0.2, -0.15) is 0 Å². The van der Waals surface area contributed by atoms with E-state index in [2.05, 4.69) is 55.0 Å². The van der Waals surface area contributed by atoms with Crippen LogP contribution in [-0.2, 0) is 10.1 Å². The number of hydrogen-bond donors (Lipinski definition) is 0. The van der Waals surface area contributed by atoms with Crippen molar-refractivity contribution < 1.29 is 4.74 Å². The summed E-state index contributed by atoms with van der Waals surface area (Å²) in [5.41, 5.74) is 2.70. The molecular formula is C13H15Br2NO. The number of hydrogen-bond acceptors (Lipinski definition) is 2. The molecule has 0 radical (unpaired) electrons. The van der Waals surface area contributed by atoms with E-state index in [0.717, 1.165) is 22.9 Å². The fourth-order valence-electron chi connectivity index (χ4n) is 2.78. The maximum Gasteiger partial charge on any atom is 0.0755 e. The Labute approximate surface area is 119 Å². The zero-order valence-corrected chi connectivity index (χ0v) is 12.7. The topological polar surface area (TPSA) is 12.5 Å². The van der Waals surface area contributed by atoms with Gasteiger partial charge < -0.3 is 9.64 Å². The van der Waals surface area contributed by atoms with Crippen LogP contribution in [0.25, 0.3) is 0 Å². The van der Waals surface area contributed by atoms with Crippen molar-refractivity contribution in [3.63, 3.8) is 0 Å². The van der Waals surface area contributed by atoms with Crippen LogP contribution in [0, 0.1) is 0 Å². The summed E-state index contributed by atoms with van der Waals surface area (Å²) in [7, 11) is 0. The largest absolute Gasteiger partial charge is 0.371 e. The first-order chi connectivity index (χ1) is 8.26. The molecule has 2 aliphatic heterocycles. The molecule has 2 unspecified atom stereocenters. The van der Waals surface area contributed by atoms with E-state index < -0.39 is 0 Å². The van der Waals surface area contributed by atoms with Crippen molar-refractivity contribution in [2.75, 3.05) is 18.0 Å². The molecule has 2 heterocycles. The normalized spacial score (nSPS) is 27.5. The maximum atomic E-state index is 5.88. The number of anilines is 1. The zero-order valence-electron chi connectivity index (χ0n) is 9.53. The second kappa shape index (κ2) is 4.90. The molecule has 0 spiro atoms. The average Bonchev–Trinajstić information content (AvgIpc) is 2.68. The van der Waals surface area contributed by atoms with Gasteiger partial charge in [0.05, 0.1) is 12.2 Å². The highest BCUT2D eigenvalue weighted by molar-refractivity contribution is 9.10. The van der Waals surface area contributed by atoms with Crippen molar-refractivity contribution in [1.82, 2.24) is 0 Å². The van der Waals surface area contributed by atoms with Crippen LogP contribution in [0.1, 0.15) is 18.4 Å². The molecule has 2 bridgehead atoms. The van der Waals surface area contributed by atoms with Crippen molar-refractivity contribution >= 4 is 37.5 Å². The summed E-state index contributed by atoms with van der Waals surface area (Å²) in [6.07, 6.45) is 3.34. The number of rotatable bonds is 2. The molecule has 2 atom stereocenters. The van der Waals surface area contributed by atoms with Crippen molar-refractivity contribution in [2.24, 2.45) is 0 Å². The van der Waals surface area contributed by atoms with Crippen LogP contribution in [-0.4, -0.2) is 25.3 Å². The third kappa shape index (κ3) is 2.40. The Balaban J connectivity index is 1.88. The van der Waals surface area contributed by atoms with E-state index in [0.29, 0.717) is 12.2 Å². The van der Waals surface area contributed by atoms with Crippen molar-refractivity contribution in [1.29, 1.82) is 0 Å². The lowest BCUT2D eigenvalue weighted by Gasteiger charge is -2.35. The van der Waals surface area contributed by atoms with E-state index in [1.807, 2.05) is 0 Å². The van der Waals surface area contributed by atoms with E-state index in [4.69, 9.17) is 4.74 Å². The van der Waals surface area contributed by atoms with Crippen LogP contribution in [0.3, 0.4) is 0 Å². The van der Waals surface area contributed by atoms with Crippen LogP contribution in [0.5, 0.6) is 0 Å². The highest BCUT2D eigenvalue weighted by Gasteiger charge is 2.34. The van der Waals surface area contributed by atoms with Gasteiger partial charge in [0, 0.05) is 28.6 Å². The first kappa shape index (κ1) is 12.0. The minimum atomic E-state index is 0.445. The maximum absolute atomic E-state index is 5.88. The van der Waals surface area contributed by atoms with Crippen LogP contribution in [0.15, 0.2) is 22.7 Å². The van der Waals surface area contributed by atoms with Crippen molar-refractivity contribution in [3.05, 3.63) is 28.2 Å². The molecule has 4 heteroatoms. The Morgan fingerprint density at radius 1 is 1.24 bits per heavy atom. The molecule has 0 N–H and O–H groups in total. The molecule has 0 amide bonds. The Morgan fingerprint density at radius 3 is 2.59 bits per heavy atom. The molecule has 2 aliphatic rings. The monoisotopic (exact) mass is 359 g/mol. The van der Waals surface area contributed by atoms with E-state index >= 15 is 0 Å². The highest BCUT2D eigenvalue weighted by Crippen LogP contribution is 2.33. The fourth-order valence-corrected chi connectivity index (χ4v) is 3.64. The molecular weight excluding hydrogens is 346 g/mol. The summed E-state index contributed by atoms with van der Waals surface area (Å²) in [5, 5.41) is 0.897. The van der Waals surface area contributed by atoms with Crippen LogP contribution >= 0.6 is 31.9 Å². The lowest BCUT2D eigenvalue weighted by atomic mass is 10.1. The number of benzene rings is 1. The lowest BCUT2D eigenvalue weighted by molar-refractivity contribution is 0.0304. The Kier molecular flexibility index (Phi) is 3.46. The smallest absolute Gasteiger partial charge is 0.0755 e. The van der Waals surface area contributed by atoms with E-state index in [-0.39, 0.29) is 0 Å². The molecule has 2 fully saturated rings. The summed E-state index contributed by atoms with van der Waals surface area (Å²) in [6.45, 7) is 2.08. The minimum absolute atomic E-state index is 0.445. The van der Waals surface area contributed by atoms with Gasteiger partial charge in [0.15, 0.2) is 0 Å². The first-order valence-corrected chi connectivity index (χ1v) is 7.92. The van der Waals surface area contributed by atoms with Gasteiger partial charge in [-0.25, -0.2) is 0 Å². The SMILES string of the molecule is BrCc1cc(Br)ccc1N1CC2CCC(C1)O2. The Hall–Kier alpha value is -0.0600. The number of ether oxygens (including phenoxy) is 1. The van der Waals surface area contributed by atoms with Crippen molar-refractivity contribution in [2.45, 2.75) is 30.4 Å². The summed E-state index contributed by atoms with van der Waals surface area (Å²) in [4.78, 5) is 2.48. The number of alkyl halides is 1. The average molecular weight is 361 g/mol. The van der Waals surface area contributed by atoms with Gasteiger partial charge in [0.2, 0.25) is 0 Å². The van der Waals surface area contributed by atoms with Gasteiger partial charge in [0.1, 0.15) is 0 Å². The summed E-state index contributed by atoms with van der Waals surface area (Å²) in [6, 6.07) is 6.53. The van der Waals surface area contributed by atoms with Gasteiger partial charge in [-0.1, -0.05) is 31.9 Å². The number of fused-ring (bicyclic) bond motifs is 2. The number of halogens is 2. The van der Waals surface area contributed by atoms with E-state index in [1.54, 1.807) is 0 Å². The second-order valence-corrected chi connectivity index (χ2v) is 6.25. The molecule has 0 saturated carbocycles. The fraction of sp³-hybridized carbons (Fsp3) is 0.538. The predicted molar refractivity (Wildman–Crippen MR) is 76.9 cm³/mol. The zero-order chi connectivity index (χ0) is 11.8. The van der Waals surface area contributed by atoms with Gasteiger partial charge in [-0.05, 0) is 36.6 Å². The predicted octanol–water partition coefficient (Wildman–Crippen LogP) is 3.71. The molecule has 1 aromatic carbocycles. The molecule has 3 rings (SSSR count). The molecule has 17 heavy (non-hydrogen) atoms. The Morgan fingerprint density at radius 2 is 1.94 bits per heavy atom. The van der Waals surface area contributed by atoms with Crippen LogP contribution in [0.4, 0.5) is 5.69 Å². The third-order valence-electron chi connectivity index (χ3n) is 3.57. The van der Waals surface area contributed by atoms with E-state index in [9.17, 15) is 0 Å².